The van der Waals surface area contributed by atoms with E-state index in [1.165, 1.54) is 6.07 Å². The number of halogens is 2. The Morgan fingerprint density at radius 2 is 2.38 bits per heavy atom. The summed E-state index contributed by atoms with van der Waals surface area (Å²) in [5, 5.41) is 3.37. The maximum atomic E-state index is 13.4. The van der Waals surface area contributed by atoms with E-state index in [-0.39, 0.29) is 11.2 Å². The molecule has 1 fully saturated rings. The number of benzene rings is 1. The molecule has 0 radical (unpaired) electrons. The summed E-state index contributed by atoms with van der Waals surface area (Å²) in [6.45, 7) is 0.963. The minimum atomic E-state index is -0.138. The first-order valence-corrected chi connectivity index (χ1v) is 5.91. The Kier molecular flexibility index (Phi) is 2.91. The highest BCUT2D eigenvalue weighted by molar-refractivity contribution is 9.10. The second kappa shape index (κ2) is 3.98. The van der Waals surface area contributed by atoms with Crippen molar-refractivity contribution in [3.05, 3.63) is 34.1 Å². The summed E-state index contributed by atoms with van der Waals surface area (Å²) < 4.78 is 14.2. The average molecular weight is 262 g/mol. The maximum absolute atomic E-state index is 13.4. The lowest BCUT2D eigenvalue weighted by Crippen LogP contribution is -2.13. The van der Waals surface area contributed by atoms with Crippen LogP contribution in [0.15, 0.2) is 22.7 Å². The zero-order valence-corrected chi connectivity index (χ0v) is 9.29. The first-order valence-electron chi connectivity index (χ1n) is 4.07. The molecule has 70 valence electrons. The third-order valence-corrected chi connectivity index (χ3v) is 3.65. The van der Waals surface area contributed by atoms with E-state index in [1.807, 2.05) is 12.1 Å². The van der Waals surface area contributed by atoms with E-state index in [0.717, 1.165) is 22.3 Å². The number of rotatable bonds is 1. The summed E-state index contributed by atoms with van der Waals surface area (Å²) in [5.41, 5.74) is 0.755. The van der Waals surface area contributed by atoms with Gasteiger partial charge in [-0.2, -0.15) is 0 Å². The van der Waals surface area contributed by atoms with Gasteiger partial charge in [0.25, 0.3) is 0 Å². The van der Waals surface area contributed by atoms with Gasteiger partial charge in [-0.1, -0.05) is 22.0 Å². The molecule has 1 saturated heterocycles. The normalized spacial score (nSPS) is 22.2. The smallest absolute Gasteiger partial charge is 0.129 e. The average Bonchev–Trinajstić information content (AvgIpc) is 2.56. The summed E-state index contributed by atoms with van der Waals surface area (Å²) in [4.78, 5) is 0. The van der Waals surface area contributed by atoms with Gasteiger partial charge in [0.15, 0.2) is 0 Å². The fraction of sp³-hybridized carbons (Fsp3) is 0.333. The Balaban J connectivity index is 2.29. The molecule has 13 heavy (non-hydrogen) atoms. The third-order valence-electron chi connectivity index (χ3n) is 1.96. The Labute approximate surface area is 89.2 Å². The summed E-state index contributed by atoms with van der Waals surface area (Å²) in [6.07, 6.45) is 0. The summed E-state index contributed by atoms with van der Waals surface area (Å²) in [6, 6.07) is 5.21. The summed E-state index contributed by atoms with van der Waals surface area (Å²) in [7, 11) is 0. The summed E-state index contributed by atoms with van der Waals surface area (Å²) >= 11 is 4.99. The lowest BCUT2D eigenvalue weighted by Gasteiger charge is -2.10. The monoisotopic (exact) mass is 261 g/mol. The van der Waals surface area contributed by atoms with Crippen LogP contribution in [0, 0.1) is 5.82 Å². The topological polar surface area (TPSA) is 12.0 Å². The van der Waals surface area contributed by atoms with Crippen molar-refractivity contribution in [3.63, 3.8) is 0 Å². The quantitative estimate of drug-likeness (QED) is 0.835. The summed E-state index contributed by atoms with van der Waals surface area (Å²) in [5.74, 6) is 0.918. The van der Waals surface area contributed by atoms with Crippen molar-refractivity contribution in [1.29, 1.82) is 0 Å². The van der Waals surface area contributed by atoms with Crippen LogP contribution in [-0.4, -0.2) is 12.3 Å². The highest BCUT2D eigenvalue weighted by atomic mass is 79.9. The van der Waals surface area contributed by atoms with Crippen LogP contribution in [0.25, 0.3) is 0 Å². The Morgan fingerprint density at radius 3 is 3.00 bits per heavy atom. The van der Waals surface area contributed by atoms with E-state index in [9.17, 15) is 4.39 Å². The SMILES string of the molecule is Fc1cc(Br)ccc1[C@@H]1NCCS1. The van der Waals surface area contributed by atoms with Crippen LogP contribution < -0.4 is 5.32 Å². The van der Waals surface area contributed by atoms with Crippen molar-refractivity contribution in [2.75, 3.05) is 12.3 Å². The van der Waals surface area contributed by atoms with Crippen molar-refractivity contribution in [3.8, 4) is 0 Å². The van der Waals surface area contributed by atoms with Gasteiger partial charge in [0, 0.05) is 22.3 Å². The van der Waals surface area contributed by atoms with Gasteiger partial charge in [0.1, 0.15) is 5.82 Å². The zero-order chi connectivity index (χ0) is 9.26. The minimum Gasteiger partial charge on any atom is -0.301 e. The van der Waals surface area contributed by atoms with Crippen LogP contribution in [0.4, 0.5) is 4.39 Å². The molecule has 0 amide bonds. The maximum Gasteiger partial charge on any atom is 0.129 e. The molecular weight excluding hydrogens is 253 g/mol. The lowest BCUT2D eigenvalue weighted by molar-refractivity contribution is 0.595. The number of hydrogen-bond acceptors (Lipinski definition) is 2. The second-order valence-corrected chi connectivity index (χ2v) is 5.00. The Morgan fingerprint density at radius 1 is 1.54 bits per heavy atom. The molecule has 1 aromatic rings. The third kappa shape index (κ3) is 2.06. The molecule has 1 aromatic carbocycles. The van der Waals surface area contributed by atoms with Crippen molar-refractivity contribution in [1.82, 2.24) is 5.32 Å². The number of thioether (sulfide) groups is 1. The van der Waals surface area contributed by atoms with Crippen LogP contribution >= 0.6 is 27.7 Å². The van der Waals surface area contributed by atoms with Gasteiger partial charge in [0.2, 0.25) is 0 Å². The fourth-order valence-corrected chi connectivity index (χ4v) is 2.75. The van der Waals surface area contributed by atoms with Gasteiger partial charge >= 0.3 is 0 Å². The molecular formula is C9H9BrFNS. The Hall–Kier alpha value is -0.0600. The largest absolute Gasteiger partial charge is 0.301 e. The van der Waals surface area contributed by atoms with Crippen molar-refractivity contribution in [2.24, 2.45) is 0 Å². The predicted molar refractivity (Wildman–Crippen MR) is 57.3 cm³/mol. The number of hydrogen-bond donors (Lipinski definition) is 1. The van der Waals surface area contributed by atoms with Crippen LogP contribution in [-0.2, 0) is 0 Å². The first-order chi connectivity index (χ1) is 6.27. The fourth-order valence-electron chi connectivity index (χ4n) is 1.34. The Bertz CT molecular complexity index is 312. The molecule has 2 rings (SSSR count). The van der Waals surface area contributed by atoms with Crippen LogP contribution in [0.3, 0.4) is 0 Å². The number of nitrogens with one attached hydrogen (secondary N) is 1. The van der Waals surface area contributed by atoms with E-state index >= 15 is 0 Å². The van der Waals surface area contributed by atoms with E-state index in [0.29, 0.717) is 0 Å². The molecule has 0 bridgehead atoms. The molecule has 1 nitrogen and oxygen atoms in total. The standard InChI is InChI=1S/C9H9BrFNS/c10-6-1-2-7(8(11)5-6)9-12-3-4-13-9/h1-2,5,9,12H,3-4H2/t9-/m1/s1. The molecule has 1 heterocycles. The highest BCUT2D eigenvalue weighted by Gasteiger charge is 2.19. The molecule has 1 atom stereocenters. The molecule has 0 spiro atoms. The van der Waals surface area contributed by atoms with Crippen molar-refractivity contribution < 1.29 is 4.39 Å². The van der Waals surface area contributed by atoms with Gasteiger partial charge < -0.3 is 5.32 Å². The first kappa shape index (κ1) is 9.49. The molecule has 1 N–H and O–H groups in total. The minimum absolute atomic E-state index is 0.132. The molecule has 1 aliphatic heterocycles. The van der Waals surface area contributed by atoms with E-state index in [1.54, 1.807) is 11.8 Å². The van der Waals surface area contributed by atoms with Gasteiger partial charge in [-0.25, -0.2) is 4.39 Å². The highest BCUT2D eigenvalue weighted by Crippen LogP contribution is 2.32. The molecule has 0 saturated carbocycles. The lowest BCUT2D eigenvalue weighted by atomic mass is 10.2. The van der Waals surface area contributed by atoms with Gasteiger partial charge in [0.05, 0.1) is 5.37 Å². The molecule has 0 aromatic heterocycles. The van der Waals surface area contributed by atoms with Gasteiger partial charge in [-0.05, 0) is 12.1 Å². The van der Waals surface area contributed by atoms with Crippen molar-refractivity contribution >= 4 is 27.7 Å². The van der Waals surface area contributed by atoms with Gasteiger partial charge in [-0.15, -0.1) is 11.8 Å². The molecule has 0 unspecified atom stereocenters. The van der Waals surface area contributed by atoms with E-state index in [4.69, 9.17) is 0 Å². The van der Waals surface area contributed by atoms with E-state index in [2.05, 4.69) is 21.2 Å². The second-order valence-electron chi connectivity index (χ2n) is 2.87. The van der Waals surface area contributed by atoms with Crippen LogP contribution in [0.5, 0.6) is 0 Å². The van der Waals surface area contributed by atoms with Gasteiger partial charge in [-0.3, -0.25) is 0 Å². The molecule has 1 aliphatic rings. The van der Waals surface area contributed by atoms with E-state index < -0.39 is 0 Å². The van der Waals surface area contributed by atoms with Crippen LogP contribution in [0.1, 0.15) is 10.9 Å². The predicted octanol–water partition coefficient (Wildman–Crippen LogP) is 2.92. The molecule has 4 heteroatoms. The zero-order valence-electron chi connectivity index (χ0n) is 6.89. The van der Waals surface area contributed by atoms with Crippen molar-refractivity contribution in [2.45, 2.75) is 5.37 Å². The molecule has 0 aliphatic carbocycles. The van der Waals surface area contributed by atoms with Crippen LogP contribution in [0.2, 0.25) is 0 Å².